The molecule has 0 radical (unpaired) electrons. The Hall–Kier alpha value is -1.84. The largest absolute Gasteiger partial charge is 0.368 e. The number of hydrogen-bond donors (Lipinski definition) is 2. The molecule has 19 heavy (non-hydrogen) atoms. The fourth-order valence-corrected chi connectivity index (χ4v) is 2.08. The Bertz CT molecular complexity index is 557. The van der Waals surface area contributed by atoms with E-state index in [2.05, 4.69) is 5.32 Å². The van der Waals surface area contributed by atoms with Crippen LogP contribution in [0, 0.1) is 0 Å². The van der Waals surface area contributed by atoms with Crippen LogP contribution in [-0.2, 0) is 11.3 Å². The van der Waals surface area contributed by atoms with Crippen molar-refractivity contribution in [3.05, 3.63) is 70.7 Å². The molecule has 0 saturated carbocycles. The molecular formula is C15H15ClN2O. The van der Waals surface area contributed by atoms with Gasteiger partial charge in [-0.3, -0.25) is 10.1 Å². The van der Waals surface area contributed by atoms with Gasteiger partial charge in [-0.1, -0.05) is 54.1 Å². The van der Waals surface area contributed by atoms with Gasteiger partial charge >= 0.3 is 0 Å². The zero-order valence-corrected chi connectivity index (χ0v) is 11.1. The maximum atomic E-state index is 11.5. The van der Waals surface area contributed by atoms with Crippen LogP contribution in [0.4, 0.5) is 0 Å². The molecule has 0 aromatic heterocycles. The lowest BCUT2D eigenvalue weighted by Gasteiger charge is -2.16. The highest BCUT2D eigenvalue weighted by atomic mass is 35.5. The summed E-state index contributed by atoms with van der Waals surface area (Å²) in [5.74, 6) is -0.418. The van der Waals surface area contributed by atoms with Crippen molar-refractivity contribution in [3.63, 3.8) is 0 Å². The quantitative estimate of drug-likeness (QED) is 0.881. The molecule has 1 amide bonds. The number of benzene rings is 2. The SMILES string of the molecule is NC(=O)C(NCc1ccccc1)c1cccc(Cl)c1. The first kappa shape index (κ1) is 13.6. The van der Waals surface area contributed by atoms with Gasteiger partial charge in [0.25, 0.3) is 0 Å². The molecule has 2 rings (SSSR count). The van der Waals surface area contributed by atoms with Gasteiger partial charge in [-0.15, -0.1) is 0 Å². The molecule has 0 saturated heterocycles. The molecule has 0 fully saturated rings. The predicted molar refractivity (Wildman–Crippen MR) is 76.7 cm³/mol. The van der Waals surface area contributed by atoms with Gasteiger partial charge in [0.05, 0.1) is 0 Å². The minimum atomic E-state index is -0.543. The topological polar surface area (TPSA) is 55.1 Å². The van der Waals surface area contributed by atoms with Crippen molar-refractivity contribution in [1.29, 1.82) is 0 Å². The van der Waals surface area contributed by atoms with Crippen LogP contribution in [0.3, 0.4) is 0 Å². The molecule has 4 heteroatoms. The van der Waals surface area contributed by atoms with Crippen LogP contribution in [-0.4, -0.2) is 5.91 Å². The summed E-state index contributed by atoms with van der Waals surface area (Å²) in [5.41, 5.74) is 7.31. The van der Waals surface area contributed by atoms with Crippen LogP contribution in [0.15, 0.2) is 54.6 Å². The van der Waals surface area contributed by atoms with E-state index in [4.69, 9.17) is 17.3 Å². The number of amides is 1. The Kier molecular flexibility index (Phi) is 4.55. The molecule has 98 valence electrons. The summed E-state index contributed by atoms with van der Waals surface area (Å²) in [7, 11) is 0. The highest BCUT2D eigenvalue weighted by Crippen LogP contribution is 2.18. The average Bonchev–Trinajstić information content (AvgIpc) is 2.40. The summed E-state index contributed by atoms with van der Waals surface area (Å²) in [6, 6.07) is 16.4. The van der Waals surface area contributed by atoms with Crippen LogP contribution in [0.1, 0.15) is 17.2 Å². The van der Waals surface area contributed by atoms with Gasteiger partial charge in [-0.25, -0.2) is 0 Å². The van der Waals surface area contributed by atoms with Crippen LogP contribution < -0.4 is 11.1 Å². The smallest absolute Gasteiger partial charge is 0.239 e. The van der Waals surface area contributed by atoms with Gasteiger partial charge in [0.2, 0.25) is 5.91 Å². The maximum absolute atomic E-state index is 11.5. The molecule has 3 N–H and O–H groups in total. The molecule has 0 aliphatic rings. The third-order valence-corrected chi connectivity index (χ3v) is 3.05. The molecule has 0 heterocycles. The number of halogens is 1. The number of nitrogens with one attached hydrogen (secondary N) is 1. The van der Waals surface area contributed by atoms with E-state index in [1.54, 1.807) is 18.2 Å². The van der Waals surface area contributed by atoms with Crippen molar-refractivity contribution in [2.45, 2.75) is 12.6 Å². The van der Waals surface area contributed by atoms with E-state index >= 15 is 0 Å². The average molecular weight is 275 g/mol. The molecule has 2 aromatic rings. The fourth-order valence-electron chi connectivity index (χ4n) is 1.88. The van der Waals surface area contributed by atoms with E-state index in [1.165, 1.54) is 0 Å². The van der Waals surface area contributed by atoms with Crippen molar-refractivity contribution in [1.82, 2.24) is 5.32 Å². The summed E-state index contributed by atoms with van der Waals surface area (Å²) >= 11 is 5.93. The Labute approximate surface area is 117 Å². The minimum Gasteiger partial charge on any atom is -0.368 e. The van der Waals surface area contributed by atoms with Gasteiger partial charge < -0.3 is 5.73 Å². The van der Waals surface area contributed by atoms with Crippen LogP contribution in [0.5, 0.6) is 0 Å². The second kappa shape index (κ2) is 6.36. The molecular weight excluding hydrogens is 260 g/mol. The maximum Gasteiger partial charge on any atom is 0.239 e. The lowest BCUT2D eigenvalue weighted by Crippen LogP contribution is -2.33. The van der Waals surface area contributed by atoms with Gasteiger partial charge in [-0.2, -0.15) is 0 Å². The van der Waals surface area contributed by atoms with Crippen molar-refractivity contribution in [2.75, 3.05) is 0 Å². The Morgan fingerprint density at radius 3 is 2.53 bits per heavy atom. The monoisotopic (exact) mass is 274 g/mol. The molecule has 2 aromatic carbocycles. The molecule has 0 aliphatic heterocycles. The Balaban J connectivity index is 2.11. The van der Waals surface area contributed by atoms with Crippen molar-refractivity contribution in [3.8, 4) is 0 Å². The summed E-state index contributed by atoms with van der Waals surface area (Å²) in [6.07, 6.45) is 0. The zero-order valence-electron chi connectivity index (χ0n) is 10.3. The summed E-state index contributed by atoms with van der Waals surface area (Å²) in [6.45, 7) is 0.570. The lowest BCUT2D eigenvalue weighted by molar-refractivity contribution is -0.120. The van der Waals surface area contributed by atoms with Gasteiger partial charge in [0, 0.05) is 11.6 Å². The highest BCUT2D eigenvalue weighted by Gasteiger charge is 2.17. The van der Waals surface area contributed by atoms with Gasteiger partial charge in [0.1, 0.15) is 6.04 Å². The predicted octanol–water partition coefficient (Wildman–Crippen LogP) is 2.66. The first-order chi connectivity index (χ1) is 9.16. The van der Waals surface area contributed by atoms with Crippen molar-refractivity contribution >= 4 is 17.5 Å². The number of carbonyl (C=O) groups excluding carboxylic acids is 1. The van der Waals surface area contributed by atoms with E-state index in [0.29, 0.717) is 11.6 Å². The van der Waals surface area contributed by atoms with E-state index in [-0.39, 0.29) is 0 Å². The lowest BCUT2D eigenvalue weighted by atomic mass is 10.1. The van der Waals surface area contributed by atoms with E-state index < -0.39 is 11.9 Å². The molecule has 0 spiro atoms. The first-order valence-corrected chi connectivity index (χ1v) is 6.36. The van der Waals surface area contributed by atoms with E-state index in [1.807, 2.05) is 36.4 Å². The molecule has 1 atom stereocenters. The van der Waals surface area contributed by atoms with Gasteiger partial charge in [-0.05, 0) is 23.3 Å². The number of carbonyl (C=O) groups is 1. The Morgan fingerprint density at radius 1 is 1.16 bits per heavy atom. The summed E-state index contributed by atoms with van der Waals surface area (Å²) in [5, 5.41) is 3.73. The Morgan fingerprint density at radius 2 is 1.89 bits per heavy atom. The summed E-state index contributed by atoms with van der Waals surface area (Å²) < 4.78 is 0. The van der Waals surface area contributed by atoms with Gasteiger partial charge in [0.15, 0.2) is 0 Å². The zero-order chi connectivity index (χ0) is 13.7. The molecule has 3 nitrogen and oxygen atoms in total. The standard InChI is InChI=1S/C15H15ClN2O/c16-13-8-4-7-12(9-13)14(15(17)19)18-10-11-5-2-1-3-6-11/h1-9,14,18H,10H2,(H2,17,19). The molecule has 0 aliphatic carbocycles. The number of hydrogen-bond acceptors (Lipinski definition) is 2. The highest BCUT2D eigenvalue weighted by molar-refractivity contribution is 6.30. The third kappa shape index (κ3) is 3.81. The third-order valence-electron chi connectivity index (χ3n) is 2.82. The van der Waals surface area contributed by atoms with Crippen LogP contribution in [0.2, 0.25) is 5.02 Å². The molecule has 1 unspecified atom stereocenters. The molecule has 0 bridgehead atoms. The number of primary amides is 1. The van der Waals surface area contributed by atoms with Crippen LogP contribution >= 0.6 is 11.6 Å². The number of nitrogens with two attached hydrogens (primary N) is 1. The van der Waals surface area contributed by atoms with E-state index in [9.17, 15) is 4.79 Å². The second-order valence-electron chi connectivity index (χ2n) is 4.26. The second-order valence-corrected chi connectivity index (χ2v) is 4.69. The van der Waals surface area contributed by atoms with Crippen molar-refractivity contribution in [2.24, 2.45) is 5.73 Å². The summed E-state index contributed by atoms with van der Waals surface area (Å²) in [4.78, 5) is 11.5. The normalized spacial score (nSPS) is 12.1. The number of rotatable bonds is 5. The van der Waals surface area contributed by atoms with Crippen molar-refractivity contribution < 1.29 is 4.79 Å². The van der Waals surface area contributed by atoms with Crippen LogP contribution in [0.25, 0.3) is 0 Å². The first-order valence-electron chi connectivity index (χ1n) is 5.99. The van der Waals surface area contributed by atoms with E-state index in [0.717, 1.165) is 11.1 Å². The fraction of sp³-hybridized carbons (Fsp3) is 0.133. The minimum absolute atomic E-state index is 0.418.